The zero-order valence-electron chi connectivity index (χ0n) is 27.1. The minimum atomic E-state index is 0.918. The van der Waals surface area contributed by atoms with Crippen molar-refractivity contribution in [3.8, 4) is 33.9 Å². The Kier molecular flexibility index (Phi) is 6.02. The van der Waals surface area contributed by atoms with E-state index >= 15 is 0 Å². The minimum absolute atomic E-state index is 0.918. The molecule has 0 radical (unpaired) electrons. The van der Waals surface area contributed by atoms with Crippen molar-refractivity contribution < 1.29 is 0 Å². The summed E-state index contributed by atoms with van der Waals surface area (Å²) in [6.07, 6.45) is 7.62. The van der Waals surface area contributed by atoms with Gasteiger partial charge in [-0.2, -0.15) is 0 Å². The molecule has 0 aliphatic rings. The van der Waals surface area contributed by atoms with Gasteiger partial charge < -0.3 is 9.13 Å². The van der Waals surface area contributed by atoms with Gasteiger partial charge in [-0.25, -0.2) is 9.97 Å². The summed E-state index contributed by atoms with van der Waals surface area (Å²) in [5.41, 5.74) is 12.4. The number of hydrogen-bond acceptors (Lipinski definition) is 5. The summed E-state index contributed by atoms with van der Waals surface area (Å²) in [5, 5.41) is 4.73. The van der Waals surface area contributed by atoms with E-state index in [1.807, 2.05) is 36.9 Å². The molecule has 0 saturated carbocycles. The van der Waals surface area contributed by atoms with Crippen LogP contribution in [0, 0.1) is 0 Å². The summed E-state index contributed by atoms with van der Waals surface area (Å²) in [5.74, 6) is 0. The highest BCUT2D eigenvalue weighted by Crippen LogP contribution is 2.39. The number of hydrogen-bond donors (Lipinski definition) is 0. The maximum Gasteiger partial charge on any atom is 0.108 e. The molecule has 11 rings (SSSR count). The third-order valence-electron chi connectivity index (χ3n) is 9.92. The lowest BCUT2D eigenvalue weighted by Crippen LogP contribution is -1.94. The fourth-order valence-corrected chi connectivity index (χ4v) is 8.59. The molecule has 51 heavy (non-hydrogen) atoms. The molecule has 0 unspecified atom stereocenters. The van der Waals surface area contributed by atoms with Gasteiger partial charge in [0.15, 0.2) is 0 Å². The first-order valence-corrected chi connectivity index (χ1v) is 17.7. The topological polar surface area (TPSA) is 61.4 Å². The highest BCUT2D eigenvalue weighted by molar-refractivity contribution is 7.25. The summed E-state index contributed by atoms with van der Waals surface area (Å²) in [4.78, 5) is 19.5. The van der Waals surface area contributed by atoms with Crippen LogP contribution >= 0.6 is 11.3 Å². The molecule has 0 aliphatic heterocycles. The molecule has 0 bridgehead atoms. The summed E-state index contributed by atoms with van der Waals surface area (Å²) in [7, 11) is 0. The number of para-hydroxylation sites is 2. The zero-order valence-corrected chi connectivity index (χ0v) is 27.9. The zero-order chi connectivity index (χ0) is 33.5. The number of rotatable bonds is 4. The van der Waals surface area contributed by atoms with Crippen LogP contribution in [0.3, 0.4) is 0 Å². The van der Waals surface area contributed by atoms with Crippen LogP contribution in [-0.4, -0.2) is 29.1 Å². The van der Waals surface area contributed by atoms with E-state index in [1.54, 1.807) is 11.3 Å². The molecule has 7 heterocycles. The predicted molar refractivity (Wildman–Crippen MR) is 210 cm³/mol. The molecule has 0 saturated heterocycles. The Morgan fingerprint density at radius 3 is 1.33 bits per heavy atom. The molecule has 0 amide bonds. The summed E-state index contributed by atoms with van der Waals surface area (Å²) in [6.45, 7) is 0. The van der Waals surface area contributed by atoms with E-state index < -0.39 is 0 Å². The van der Waals surface area contributed by atoms with Gasteiger partial charge in [0.2, 0.25) is 0 Å². The third-order valence-corrected chi connectivity index (χ3v) is 11.0. The first-order chi connectivity index (χ1) is 25.3. The Hall–Kier alpha value is -6.70. The van der Waals surface area contributed by atoms with Gasteiger partial charge in [-0.05, 0) is 72.8 Å². The Morgan fingerprint density at radius 1 is 0.412 bits per heavy atom. The van der Waals surface area contributed by atoms with Gasteiger partial charge in [-0.1, -0.05) is 60.7 Å². The molecule has 0 N–H and O–H groups in total. The first kappa shape index (κ1) is 28.2. The molecule has 238 valence electrons. The van der Waals surface area contributed by atoms with E-state index in [0.717, 1.165) is 76.4 Å². The average Bonchev–Trinajstić information content (AvgIpc) is 3.85. The molecule has 4 aromatic carbocycles. The van der Waals surface area contributed by atoms with Crippen molar-refractivity contribution in [2.75, 3.05) is 0 Å². The van der Waals surface area contributed by atoms with Gasteiger partial charge in [-0.3, -0.25) is 9.97 Å². The van der Waals surface area contributed by atoms with Crippen LogP contribution in [-0.2, 0) is 0 Å². The second-order valence-electron chi connectivity index (χ2n) is 12.8. The van der Waals surface area contributed by atoms with Gasteiger partial charge in [0.05, 0.1) is 55.2 Å². The highest BCUT2D eigenvalue weighted by atomic mass is 32.1. The molecule has 0 aliphatic carbocycles. The highest BCUT2D eigenvalue weighted by Gasteiger charge is 2.17. The van der Waals surface area contributed by atoms with Crippen molar-refractivity contribution in [2.24, 2.45) is 0 Å². The maximum absolute atomic E-state index is 5.28. The molecule has 11 aromatic rings. The lowest BCUT2D eigenvalue weighted by molar-refractivity contribution is 1.16. The van der Waals surface area contributed by atoms with E-state index in [2.05, 4.69) is 140 Å². The number of pyridine rings is 4. The molecule has 0 fully saturated rings. The van der Waals surface area contributed by atoms with Crippen molar-refractivity contribution in [1.29, 1.82) is 0 Å². The second-order valence-corrected chi connectivity index (χ2v) is 13.9. The minimum Gasteiger partial charge on any atom is -0.308 e. The Bertz CT molecular complexity index is 2930. The normalized spacial score (nSPS) is 11.9. The number of benzene rings is 4. The van der Waals surface area contributed by atoms with Crippen molar-refractivity contribution in [3.05, 3.63) is 158 Å². The molecule has 0 atom stereocenters. The quantitative estimate of drug-likeness (QED) is 0.187. The van der Waals surface area contributed by atoms with E-state index in [1.165, 1.54) is 21.5 Å². The van der Waals surface area contributed by atoms with Crippen LogP contribution in [0.25, 0.3) is 97.9 Å². The average molecular weight is 671 g/mol. The maximum atomic E-state index is 5.28. The monoisotopic (exact) mass is 670 g/mol. The van der Waals surface area contributed by atoms with Gasteiger partial charge in [0.1, 0.15) is 11.0 Å². The van der Waals surface area contributed by atoms with Crippen molar-refractivity contribution in [1.82, 2.24) is 29.1 Å². The fraction of sp³-hybridized carbons (Fsp3) is 0. The number of thiophene rings is 1. The Morgan fingerprint density at radius 2 is 0.863 bits per heavy atom. The predicted octanol–water partition coefficient (Wildman–Crippen LogP) is 11.2. The van der Waals surface area contributed by atoms with Crippen LogP contribution in [0.2, 0.25) is 0 Å². The van der Waals surface area contributed by atoms with E-state index in [9.17, 15) is 0 Å². The number of fused-ring (bicyclic) bond motifs is 9. The van der Waals surface area contributed by atoms with E-state index in [4.69, 9.17) is 9.97 Å². The standard InChI is InChI=1S/C44H26N6S/c1-3-7-29(8-4-1)49-37-23-27(11-13-31(37)33-19-21-45-25-39(33)49)35-15-17-41-43(47-35)44-42(51-41)18-16-36(48-44)28-12-14-32-34-20-22-46-26-40(34)50(38(32)24-28)30-9-5-2-6-10-30/h1-26H. The SMILES string of the molecule is c1ccc(-n2c3cnccc3c3ccc(-c4ccc5sc6ccc(-c7ccc8c9ccncc9n(-c9ccccc9)c8c7)nc6c5n4)cc32)cc1. The van der Waals surface area contributed by atoms with Gasteiger partial charge in [0.25, 0.3) is 0 Å². The molecule has 7 aromatic heterocycles. The van der Waals surface area contributed by atoms with Crippen LogP contribution in [0.4, 0.5) is 0 Å². The van der Waals surface area contributed by atoms with Crippen molar-refractivity contribution >= 4 is 75.4 Å². The molecular formula is C44H26N6S. The molecule has 6 nitrogen and oxygen atoms in total. The summed E-state index contributed by atoms with van der Waals surface area (Å²) in [6, 6.07) is 47.0. The third kappa shape index (κ3) is 4.28. The Balaban J connectivity index is 1.07. The van der Waals surface area contributed by atoms with Crippen molar-refractivity contribution in [2.45, 2.75) is 0 Å². The molecule has 0 spiro atoms. The molecular weight excluding hydrogens is 645 g/mol. The first-order valence-electron chi connectivity index (χ1n) is 16.9. The number of aromatic nitrogens is 6. The van der Waals surface area contributed by atoms with Crippen molar-refractivity contribution in [3.63, 3.8) is 0 Å². The van der Waals surface area contributed by atoms with Gasteiger partial charge >= 0.3 is 0 Å². The summed E-state index contributed by atoms with van der Waals surface area (Å²) >= 11 is 1.73. The lowest BCUT2D eigenvalue weighted by Gasteiger charge is -2.09. The lowest BCUT2D eigenvalue weighted by atomic mass is 10.1. The molecule has 7 heteroatoms. The number of nitrogens with zero attached hydrogens (tertiary/aromatic N) is 6. The van der Waals surface area contributed by atoms with Gasteiger partial charge in [0, 0.05) is 56.4 Å². The largest absolute Gasteiger partial charge is 0.308 e. The van der Waals surface area contributed by atoms with E-state index in [0.29, 0.717) is 0 Å². The van der Waals surface area contributed by atoms with Gasteiger partial charge in [-0.15, -0.1) is 11.3 Å². The van der Waals surface area contributed by atoms with Crippen LogP contribution in [0.15, 0.2) is 158 Å². The fourth-order valence-electron chi connectivity index (χ4n) is 7.60. The van der Waals surface area contributed by atoms with Crippen LogP contribution in [0.1, 0.15) is 0 Å². The second kappa shape index (κ2) is 10.9. The van der Waals surface area contributed by atoms with Crippen LogP contribution in [0.5, 0.6) is 0 Å². The Labute approximate surface area is 295 Å². The van der Waals surface area contributed by atoms with Crippen LogP contribution < -0.4 is 0 Å². The smallest absolute Gasteiger partial charge is 0.108 e. The van der Waals surface area contributed by atoms with E-state index in [-0.39, 0.29) is 0 Å². The summed E-state index contributed by atoms with van der Waals surface area (Å²) < 4.78 is 6.82.